The Hall–Kier alpha value is -0.350. The normalized spacial score (nSPS) is 15.4. The first-order chi connectivity index (χ1) is 7.84. The summed E-state index contributed by atoms with van der Waals surface area (Å²) in [6, 6.07) is 6.62. The van der Waals surface area contributed by atoms with E-state index in [-0.39, 0.29) is 18.6 Å². The van der Waals surface area contributed by atoms with Crippen LogP contribution in [-0.2, 0) is 4.57 Å². The van der Waals surface area contributed by atoms with Gasteiger partial charge in [0.25, 0.3) is 0 Å². The number of halogens is 1. The Bertz CT molecular complexity index is 431. The van der Waals surface area contributed by atoms with Crippen molar-refractivity contribution in [3.8, 4) is 5.75 Å². The molecule has 96 valence electrons. The lowest BCUT2D eigenvalue weighted by Crippen LogP contribution is -2.28. The zero-order valence-electron chi connectivity index (χ0n) is 9.76. The Kier molecular flexibility index (Phi) is 4.78. The van der Waals surface area contributed by atoms with Gasteiger partial charge in [-0.3, -0.25) is 0 Å². The summed E-state index contributed by atoms with van der Waals surface area (Å²) in [5, 5.41) is 8.34. The molecule has 0 aromatic heterocycles. The van der Waals surface area contributed by atoms with Gasteiger partial charge < -0.3 is 14.5 Å². The Morgan fingerprint density at radius 1 is 1.41 bits per heavy atom. The van der Waals surface area contributed by atoms with E-state index in [1.165, 1.54) is 0 Å². The predicted octanol–water partition coefficient (Wildman–Crippen LogP) is 3.52. The van der Waals surface area contributed by atoms with Gasteiger partial charge in [-0.15, -0.1) is 0 Å². The monoisotopic (exact) mass is 322 g/mol. The summed E-state index contributed by atoms with van der Waals surface area (Å²) in [7, 11) is -4.12. The zero-order chi connectivity index (χ0) is 13.1. The van der Waals surface area contributed by atoms with Crippen LogP contribution in [0, 0.1) is 0 Å². The summed E-state index contributed by atoms with van der Waals surface area (Å²) in [4.78, 5) is 9.85. The molecule has 2 N–H and O–H groups in total. The van der Waals surface area contributed by atoms with Crippen LogP contribution < -0.4 is 4.52 Å². The van der Waals surface area contributed by atoms with Crippen molar-refractivity contribution in [2.75, 3.05) is 0 Å². The Morgan fingerprint density at radius 3 is 2.47 bits per heavy atom. The highest BCUT2D eigenvalue weighted by atomic mass is 79.9. The van der Waals surface area contributed by atoms with Gasteiger partial charge in [0.15, 0.2) is 5.34 Å². The van der Waals surface area contributed by atoms with Crippen LogP contribution in [0.25, 0.3) is 0 Å². The molecule has 0 saturated heterocycles. The van der Waals surface area contributed by atoms with E-state index >= 15 is 0 Å². The van der Waals surface area contributed by atoms with E-state index in [9.17, 15) is 14.6 Å². The van der Waals surface area contributed by atoms with Crippen LogP contribution in [0.1, 0.15) is 26.7 Å². The fourth-order valence-corrected chi connectivity index (χ4v) is 3.15. The van der Waals surface area contributed by atoms with Gasteiger partial charge in [0.05, 0.1) is 0 Å². The second-order valence-corrected chi connectivity index (χ2v) is 6.73. The summed E-state index contributed by atoms with van der Waals surface area (Å²) in [6.07, 6.45) is 0.316. The predicted molar refractivity (Wildman–Crippen MR) is 70.1 cm³/mol. The molecule has 0 spiro atoms. The van der Waals surface area contributed by atoms with Crippen molar-refractivity contribution in [2.24, 2.45) is 0 Å². The topological polar surface area (TPSA) is 66.8 Å². The fraction of sp³-hybridized carbons (Fsp3) is 0.455. The molecule has 1 aromatic carbocycles. The van der Waals surface area contributed by atoms with Crippen LogP contribution in [0.4, 0.5) is 0 Å². The van der Waals surface area contributed by atoms with Crippen molar-refractivity contribution in [1.29, 1.82) is 0 Å². The summed E-state index contributed by atoms with van der Waals surface area (Å²) < 4.78 is 17.8. The highest BCUT2D eigenvalue weighted by Crippen LogP contribution is 2.56. The molecule has 1 atom stereocenters. The highest BCUT2D eigenvalue weighted by molar-refractivity contribution is 9.10. The van der Waals surface area contributed by atoms with E-state index in [2.05, 4.69) is 15.9 Å². The van der Waals surface area contributed by atoms with Crippen LogP contribution in [0.2, 0.25) is 0 Å². The highest BCUT2D eigenvalue weighted by Gasteiger charge is 2.45. The quantitative estimate of drug-likeness (QED) is 0.814. The van der Waals surface area contributed by atoms with Gasteiger partial charge in [-0.1, -0.05) is 35.8 Å². The first-order valence-corrected chi connectivity index (χ1v) is 7.72. The lowest BCUT2D eigenvalue weighted by molar-refractivity contribution is 0.0857. The number of rotatable bonds is 5. The van der Waals surface area contributed by atoms with E-state index in [0.717, 1.165) is 4.47 Å². The standard InChI is InChI=1S/C11H16BrO4P/c1-3-11(13,4-2)17(14,15)16-10-7-5-6-9(12)8-10/h5-8,13H,3-4H2,1-2H3,(H,14,15). The van der Waals surface area contributed by atoms with Crippen molar-refractivity contribution in [3.63, 3.8) is 0 Å². The van der Waals surface area contributed by atoms with Gasteiger partial charge in [0.1, 0.15) is 5.75 Å². The molecule has 0 heterocycles. The first-order valence-electron chi connectivity index (χ1n) is 5.35. The lowest BCUT2D eigenvalue weighted by Gasteiger charge is -2.29. The Labute approximate surface area is 109 Å². The molecule has 0 amide bonds. The van der Waals surface area contributed by atoms with Gasteiger partial charge in [-0.05, 0) is 31.0 Å². The van der Waals surface area contributed by atoms with Crippen molar-refractivity contribution in [3.05, 3.63) is 28.7 Å². The van der Waals surface area contributed by atoms with Crippen LogP contribution >= 0.6 is 23.5 Å². The molecule has 0 fully saturated rings. The third kappa shape index (κ3) is 3.32. The van der Waals surface area contributed by atoms with Gasteiger partial charge >= 0.3 is 7.60 Å². The van der Waals surface area contributed by atoms with E-state index in [1.54, 1.807) is 38.1 Å². The minimum absolute atomic E-state index is 0.158. The molecule has 1 aromatic rings. The number of hydrogen-bond donors (Lipinski definition) is 2. The molecular formula is C11H16BrO4P. The van der Waals surface area contributed by atoms with E-state index in [1.807, 2.05) is 0 Å². The number of benzene rings is 1. The first kappa shape index (κ1) is 14.7. The average molecular weight is 323 g/mol. The molecule has 0 bridgehead atoms. The Morgan fingerprint density at radius 2 is 2.00 bits per heavy atom. The minimum Gasteiger partial charge on any atom is -0.423 e. The van der Waals surface area contributed by atoms with E-state index < -0.39 is 12.9 Å². The Balaban J connectivity index is 2.97. The zero-order valence-corrected chi connectivity index (χ0v) is 12.2. The summed E-state index contributed by atoms with van der Waals surface area (Å²) in [5.74, 6) is 0.255. The maximum Gasteiger partial charge on any atom is 0.407 e. The van der Waals surface area contributed by atoms with Crippen LogP contribution in [0.5, 0.6) is 5.75 Å². The molecule has 4 nitrogen and oxygen atoms in total. The number of hydrogen-bond acceptors (Lipinski definition) is 3. The van der Waals surface area contributed by atoms with Crippen molar-refractivity contribution >= 4 is 23.5 Å². The fourth-order valence-electron chi connectivity index (χ4n) is 1.40. The smallest absolute Gasteiger partial charge is 0.407 e. The molecule has 0 radical (unpaired) electrons. The van der Waals surface area contributed by atoms with E-state index in [0.29, 0.717) is 0 Å². The van der Waals surface area contributed by atoms with Crippen LogP contribution in [-0.4, -0.2) is 15.3 Å². The summed E-state index contributed by atoms with van der Waals surface area (Å²) in [5.41, 5.74) is 0. The van der Waals surface area contributed by atoms with E-state index in [4.69, 9.17) is 4.52 Å². The van der Waals surface area contributed by atoms with Crippen molar-refractivity contribution in [2.45, 2.75) is 32.0 Å². The largest absolute Gasteiger partial charge is 0.423 e. The maximum atomic E-state index is 12.0. The SMILES string of the molecule is CCC(O)(CC)P(=O)(O)Oc1cccc(Br)c1. The molecular weight excluding hydrogens is 307 g/mol. The molecule has 1 unspecified atom stereocenters. The summed E-state index contributed by atoms with van der Waals surface area (Å²) >= 11 is 3.24. The molecule has 0 aliphatic rings. The average Bonchev–Trinajstić information content (AvgIpc) is 2.27. The number of aliphatic hydroxyl groups is 1. The third-order valence-corrected chi connectivity index (χ3v) is 5.32. The molecule has 17 heavy (non-hydrogen) atoms. The van der Waals surface area contributed by atoms with Crippen molar-refractivity contribution < 1.29 is 19.1 Å². The molecule has 0 saturated carbocycles. The molecule has 0 aliphatic carbocycles. The second kappa shape index (κ2) is 5.53. The van der Waals surface area contributed by atoms with Gasteiger partial charge in [0.2, 0.25) is 0 Å². The molecule has 6 heteroatoms. The molecule has 0 aliphatic heterocycles. The lowest BCUT2D eigenvalue weighted by atomic mass is 10.2. The summed E-state index contributed by atoms with van der Waals surface area (Å²) in [6.45, 7) is 3.30. The van der Waals surface area contributed by atoms with Crippen molar-refractivity contribution in [1.82, 2.24) is 0 Å². The maximum absolute atomic E-state index is 12.0. The van der Waals surface area contributed by atoms with Crippen LogP contribution in [0.3, 0.4) is 0 Å². The second-order valence-electron chi connectivity index (χ2n) is 3.76. The molecule has 1 rings (SSSR count). The van der Waals surface area contributed by atoms with Crippen LogP contribution in [0.15, 0.2) is 28.7 Å². The minimum atomic E-state index is -4.12. The van der Waals surface area contributed by atoms with Gasteiger partial charge in [-0.2, -0.15) is 0 Å². The third-order valence-electron chi connectivity index (χ3n) is 2.68. The van der Waals surface area contributed by atoms with Gasteiger partial charge in [-0.25, -0.2) is 4.57 Å². The van der Waals surface area contributed by atoms with Gasteiger partial charge in [0, 0.05) is 4.47 Å².